The van der Waals surface area contributed by atoms with Gasteiger partial charge < -0.3 is 10.1 Å². The number of hydrogen-bond acceptors (Lipinski definition) is 2. The Morgan fingerprint density at radius 2 is 1.84 bits per heavy atom. The van der Waals surface area contributed by atoms with Gasteiger partial charge >= 0.3 is 0 Å². The van der Waals surface area contributed by atoms with Gasteiger partial charge in [0.15, 0.2) is 17.4 Å². The van der Waals surface area contributed by atoms with Gasteiger partial charge in [0.05, 0.1) is 0 Å². The fourth-order valence-electron chi connectivity index (χ4n) is 1.37. The highest BCUT2D eigenvalue weighted by Crippen LogP contribution is 2.24. The van der Waals surface area contributed by atoms with E-state index in [4.69, 9.17) is 16.3 Å². The normalized spacial score (nSPS) is 11.5. The topological polar surface area (TPSA) is 21.3 Å². The van der Waals surface area contributed by atoms with Gasteiger partial charge in [-0.05, 0) is 38.5 Å². The van der Waals surface area contributed by atoms with Crippen molar-refractivity contribution in [3.63, 3.8) is 0 Å². The molecule has 5 heteroatoms. The van der Waals surface area contributed by atoms with E-state index in [2.05, 4.69) is 11.9 Å². The fraction of sp³-hybridized carbons (Fsp3) is 0.429. The molecule has 1 aromatic rings. The predicted molar refractivity (Wildman–Crippen MR) is 73.4 cm³/mol. The second-order valence-corrected chi connectivity index (χ2v) is 5.83. The summed E-state index contributed by atoms with van der Waals surface area (Å²) in [5.41, 5.74) is 0.389. The number of rotatable bonds is 5. The molecule has 0 fully saturated rings. The van der Waals surface area contributed by atoms with E-state index in [-0.39, 0.29) is 17.2 Å². The van der Waals surface area contributed by atoms with Crippen LogP contribution in [0.5, 0.6) is 5.75 Å². The zero-order chi connectivity index (χ0) is 14.6. The smallest absolute Gasteiger partial charge is 0.191 e. The molecule has 2 nitrogen and oxygen atoms in total. The molecule has 1 N–H and O–H groups in total. The molecule has 0 atom stereocenters. The zero-order valence-electron chi connectivity index (χ0n) is 11.3. The average Bonchev–Trinajstić information content (AvgIpc) is 2.23. The van der Waals surface area contributed by atoms with Crippen molar-refractivity contribution in [3.05, 3.63) is 40.9 Å². The van der Waals surface area contributed by atoms with Crippen LogP contribution in [-0.2, 0) is 6.54 Å². The maximum atomic E-state index is 13.7. The van der Waals surface area contributed by atoms with Gasteiger partial charge in [0.25, 0.3) is 0 Å². The van der Waals surface area contributed by atoms with Crippen molar-refractivity contribution < 1.29 is 13.5 Å². The van der Waals surface area contributed by atoms with Crippen molar-refractivity contribution in [2.24, 2.45) is 0 Å². The second-order valence-electron chi connectivity index (χ2n) is 5.30. The van der Waals surface area contributed by atoms with Crippen molar-refractivity contribution in [2.45, 2.75) is 32.9 Å². The lowest BCUT2D eigenvalue weighted by Gasteiger charge is -2.20. The van der Waals surface area contributed by atoms with E-state index < -0.39 is 17.4 Å². The van der Waals surface area contributed by atoms with Crippen LogP contribution < -0.4 is 10.1 Å². The number of benzene rings is 1. The predicted octanol–water partition coefficient (Wildman–Crippen LogP) is 3.98. The standard InChI is InChI=1S/C14H18ClF2NO/c1-9(15)8-19-13-11(16)5-10(6-12(13)17)7-18-14(2,3)4/h5-6,18H,1,7-8H2,2-4H3. The Hall–Kier alpha value is -1.13. The summed E-state index contributed by atoms with van der Waals surface area (Å²) >= 11 is 5.49. The van der Waals surface area contributed by atoms with Crippen LogP contribution in [0.4, 0.5) is 8.78 Å². The third-order valence-electron chi connectivity index (χ3n) is 2.25. The Labute approximate surface area is 117 Å². The first-order valence-corrected chi connectivity index (χ1v) is 6.26. The minimum atomic E-state index is -0.747. The van der Waals surface area contributed by atoms with Gasteiger partial charge in [-0.3, -0.25) is 0 Å². The summed E-state index contributed by atoms with van der Waals surface area (Å²) in [6.45, 7) is 9.56. The average molecular weight is 290 g/mol. The molecule has 0 saturated heterocycles. The van der Waals surface area contributed by atoms with Crippen molar-refractivity contribution in [2.75, 3.05) is 6.61 Å². The monoisotopic (exact) mass is 289 g/mol. The molecule has 1 rings (SSSR count). The Kier molecular flexibility index (Phi) is 5.32. The lowest BCUT2D eigenvalue weighted by Crippen LogP contribution is -2.35. The van der Waals surface area contributed by atoms with E-state index in [1.807, 2.05) is 20.8 Å². The summed E-state index contributed by atoms with van der Waals surface area (Å²) in [5.74, 6) is -1.92. The Morgan fingerprint density at radius 3 is 2.26 bits per heavy atom. The van der Waals surface area contributed by atoms with Crippen LogP contribution in [-0.4, -0.2) is 12.1 Å². The van der Waals surface area contributed by atoms with Gasteiger partial charge in [-0.25, -0.2) is 8.78 Å². The molecule has 0 saturated carbocycles. The molecule has 1 aromatic carbocycles. The van der Waals surface area contributed by atoms with Gasteiger partial charge in [0, 0.05) is 17.1 Å². The molecular formula is C14H18ClF2NO. The van der Waals surface area contributed by atoms with Crippen molar-refractivity contribution in [1.29, 1.82) is 0 Å². The summed E-state index contributed by atoms with van der Waals surface area (Å²) < 4.78 is 32.4. The molecule has 0 radical (unpaired) electrons. The third kappa shape index (κ3) is 5.57. The van der Waals surface area contributed by atoms with E-state index in [1.165, 1.54) is 12.1 Å². The Morgan fingerprint density at radius 1 is 1.32 bits per heavy atom. The first-order valence-electron chi connectivity index (χ1n) is 5.88. The highest BCUT2D eigenvalue weighted by atomic mass is 35.5. The van der Waals surface area contributed by atoms with Crippen LogP contribution in [0.25, 0.3) is 0 Å². The van der Waals surface area contributed by atoms with E-state index in [0.29, 0.717) is 12.1 Å². The molecule has 19 heavy (non-hydrogen) atoms. The molecule has 0 amide bonds. The summed E-state index contributed by atoms with van der Waals surface area (Å²) in [6, 6.07) is 2.49. The largest absolute Gasteiger partial charge is 0.482 e. The van der Waals surface area contributed by atoms with Gasteiger partial charge in [0.2, 0.25) is 0 Å². The van der Waals surface area contributed by atoms with Gasteiger partial charge in [-0.1, -0.05) is 18.2 Å². The number of ether oxygens (including phenoxy) is 1. The molecular weight excluding hydrogens is 272 g/mol. The van der Waals surface area contributed by atoms with E-state index in [1.54, 1.807) is 0 Å². The van der Waals surface area contributed by atoms with E-state index in [9.17, 15) is 8.78 Å². The molecule has 0 spiro atoms. The van der Waals surface area contributed by atoms with Crippen molar-refractivity contribution in [3.8, 4) is 5.75 Å². The summed E-state index contributed by atoms with van der Waals surface area (Å²) in [4.78, 5) is 0. The molecule has 0 unspecified atom stereocenters. The highest BCUT2D eigenvalue weighted by molar-refractivity contribution is 6.29. The third-order valence-corrected chi connectivity index (χ3v) is 2.36. The summed E-state index contributed by atoms with van der Waals surface area (Å²) in [6.07, 6.45) is 0. The maximum absolute atomic E-state index is 13.7. The van der Waals surface area contributed by atoms with Crippen molar-refractivity contribution in [1.82, 2.24) is 5.32 Å². The quantitative estimate of drug-likeness (QED) is 0.885. The highest BCUT2D eigenvalue weighted by Gasteiger charge is 2.14. The van der Waals surface area contributed by atoms with Gasteiger partial charge in [-0.15, -0.1) is 0 Å². The van der Waals surface area contributed by atoms with E-state index >= 15 is 0 Å². The molecule has 106 valence electrons. The second kappa shape index (κ2) is 6.35. The zero-order valence-corrected chi connectivity index (χ0v) is 12.1. The van der Waals surface area contributed by atoms with Crippen LogP contribution in [0.3, 0.4) is 0 Å². The number of halogens is 3. The van der Waals surface area contributed by atoms with Crippen LogP contribution >= 0.6 is 11.6 Å². The molecule has 0 heterocycles. The molecule has 0 aliphatic rings. The van der Waals surface area contributed by atoms with Gasteiger partial charge in [-0.2, -0.15) is 0 Å². The lowest BCUT2D eigenvalue weighted by atomic mass is 10.1. The Bertz CT molecular complexity index is 446. The minimum Gasteiger partial charge on any atom is -0.482 e. The SMILES string of the molecule is C=C(Cl)COc1c(F)cc(CNC(C)(C)C)cc1F. The molecule has 0 aliphatic carbocycles. The summed E-state index contributed by atoms with van der Waals surface area (Å²) in [5, 5.41) is 3.33. The number of hydrogen-bond donors (Lipinski definition) is 1. The lowest BCUT2D eigenvalue weighted by molar-refractivity contribution is 0.317. The molecule has 0 aliphatic heterocycles. The number of nitrogens with one attached hydrogen (secondary N) is 1. The summed E-state index contributed by atoms with van der Waals surface area (Å²) in [7, 11) is 0. The minimum absolute atomic E-state index is 0.126. The molecule has 0 bridgehead atoms. The maximum Gasteiger partial charge on any atom is 0.191 e. The first-order chi connectivity index (χ1) is 8.69. The van der Waals surface area contributed by atoms with Crippen LogP contribution in [0.2, 0.25) is 0 Å². The first kappa shape index (κ1) is 15.9. The van der Waals surface area contributed by atoms with Crippen molar-refractivity contribution >= 4 is 11.6 Å². The van der Waals surface area contributed by atoms with Gasteiger partial charge in [0.1, 0.15) is 6.61 Å². The Balaban J connectivity index is 2.81. The fourth-order valence-corrected chi connectivity index (χ4v) is 1.42. The van der Waals surface area contributed by atoms with Crippen LogP contribution in [0.15, 0.2) is 23.7 Å². The van der Waals surface area contributed by atoms with Crippen LogP contribution in [0, 0.1) is 11.6 Å². The molecule has 0 aromatic heterocycles. The van der Waals surface area contributed by atoms with Crippen LogP contribution in [0.1, 0.15) is 26.3 Å². The van der Waals surface area contributed by atoms with E-state index in [0.717, 1.165) is 0 Å².